The highest BCUT2D eigenvalue weighted by molar-refractivity contribution is 6.18. The molecule has 0 heterocycles. The summed E-state index contributed by atoms with van der Waals surface area (Å²) in [5.41, 5.74) is 1.28. The van der Waals surface area contributed by atoms with E-state index in [9.17, 15) is 0 Å². The fourth-order valence-corrected chi connectivity index (χ4v) is 1.55. The summed E-state index contributed by atoms with van der Waals surface area (Å²) in [5.74, 6) is 1.48. The van der Waals surface area contributed by atoms with E-state index in [2.05, 4.69) is 30.2 Å². The molecule has 16 heavy (non-hydrogen) atoms. The number of halogens is 1. The SMILES string of the molecule is COc1ccc(CN(C)CC=CCCl)cc1. The van der Waals surface area contributed by atoms with Crippen LogP contribution in [-0.2, 0) is 6.54 Å². The van der Waals surface area contributed by atoms with E-state index in [4.69, 9.17) is 16.3 Å². The van der Waals surface area contributed by atoms with Gasteiger partial charge in [-0.15, -0.1) is 11.6 Å². The fraction of sp³-hybridized carbons (Fsp3) is 0.385. The Labute approximate surface area is 102 Å². The third-order valence-electron chi connectivity index (χ3n) is 2.28. The van der Waals surface area contributed by atoms with E-state index in [1.807, 2.05) is 18.2 Å². The molecule has 0 saturated heterocycles. The quantitative estimate of drug-likeness (QED) is 0.559. The number of ether oxygens (including phenoxy) is 1. The predicted molar refractivity (Wildman–Crippen MR) is 69.2 cm³/mol. The zero-order valence-corrected chi connectivity index (χ0v) is 10.6. The number of allylic oxidation sites excluding steroid dienone is 1. The molecule has 0 aromatic heterocycles. The molecule has 0 unspecified atom stereocenters. The molecule has 2 nitrogen and oxygen atoms in total. The molecule has 88 valence electrons. The molecule has 3 heteroatoms. The van der Waals surface area contributed by atoms with Gasteiger partial charge in [0.05, 0.1) is 7.11 Å². The van der Waals surface area contributed by atoms with Crippen molar-refractivity contribution in [1.29, 1.82) is 0 Å². The van der Waals surface area contributed by atoms with Gasteiger partial charge in [-0.3, -0.25) is 4.90 Å². The number of nitrogens with zero attached hydrogens (tertiary/aromatic N) is 1. The zero-order chi connectivity index (χ0) is 11.8. The van der Waals surface area contributed by atoms with E-state index in [0.29, 0.717) is 5.88 Å². The second-order valence-corrected chi connectivity index (χ2v) is 3.98. The molecule has 0 bridgehead atoms. The first kappa shape index (κ1) is 13.1. The Hall–Kier alpha value is -0.990. The molecule has 0 N–H and O–H groups in total. The highest BCUT2D eigenvalue weighted by Gasteiger charge is 1.98. The van der Waals surface area contributed by atoms with E-state index in [-0.39, 0.29) is 0 Å². The number of benzene rings is 1. The number of hydrogen-bond acceptors (Lipinski definition) is 2. The van der Waals surface area contributed by atoms with Gasteiger partial charge in [-0.1, -0.05) is 24.3 Å². The third kappa shape index (κ3) is 4.69. The lowest BCUT2D eigenvalue weighted by molar-refractivity contribution is 0.362. The van der Waals surface area contributed by atoms with Crippen molar-refractivity contribution in [1.82, 2.24) is 4.90 Å². The summed E-state index contributed by atoms with van der Waals surface area (Å²) in [7, 11) is 3.76. The fourth-order valence-electron chi connectivity index (χ4n) is 1.42. The topological polar surface area (TPSA) is 12.5 Å². The number of rotatable bonds is 6. The van der Waals surface area contributed by atoms with Gasteiger partial charge in [-0.25, -0.2) is 0 Å². The lowest BCUT2D eigenvalue weighted by Crippen LogP contribution is -2.17. The maximum absolute atomic E-state index is 5.56. The van der Waals surface area contributed by atoms with Gasteiger partial charge in [-0.05, 0) is 24.7 Å². The van der Waals surface area contributed by atoms with Crippen LogP contribution in [0.2, 0.25) is 0 Å². The Morgan fingerprint density at radius 1 is 1.25 bits per heavy atom. The first-order chi connectivity index (χ1) is 7.76. The van der Waals surface area contributed by atoms with Crippen LogP contribution in [0.1, 0.15) is 5.56 Å². The number of likely N-dealkylation sites (N-methyl/N-ethyl adjacent to an activating group) is 1. The van der Waals surface area contributed by atoms with Crippen molar-refractivity contribution >= 4 is 11.6 Å². The van der Waals surface area contributed by atoms with Gasteiger partial charge in [0.25, 0.3) is 0 Å². The van der Waals surface area contributed by atoms with Crippen LogP contribution in [-0.4, -0.2) is 31.5 Å². The number of methoxy groups -OCH3 is 1. The first-order valence-corrected chi connectivity index (χ1v) is 5.82. The maximum atomic E-state index is 5.56. The molecule has 0 amide bonds. The van der Waals surface area contributed by atoms with Crippen molar-refractivity contribution in [3.05, 3.63) is 42.0 Å². The average Bonchev–Trinajstić information content (AvgIpc) is 2.30. The Morgan fingerprint density at radius 2 is 1.94 bits per heavy atom. The van der Waals surface area contributed by atoms with Crippen LogP contribution in [0, 0.1) is 0 Å². The molecule has 1 aromatic carbocycles. The summed E-state index contributed by atoms with van der Waals surface area (Å²) in [6.45, 7) is 1.84. The van der Waals surface area contributed by atoms with Crippen LogP contribution in [0.15, 0.2) is 36.4 Å². The summed E-state index contributed by atoms with van der Waals surface area (Å²) in [6.07, 6.45) is 4.04. The Kier molecular flexibility index (Phi) is 5.98. The molecule has 1 rings (SSSR count). The van der Waals surface area contributed by atoms with E-state index in [0.717, 1.165) is 18.8 Å². The van der Waals surface area contributed by atoms with Gasteiger partial charge in [0, 0.05) is 19.0 Å². The average molecular weight is 240 g/mol. The number of hydrogen-bond donors (Lipinski definition) is 0. The van der Waals surface area contributed by atoms with Crippen LogP contribution in [0.25, 0.3) is 0 Å². The van der Waals surface area contributed by atoms with Crippen LogP contribution in [0.5, 0.6) is 5.75 Å². The minimum absolute atomic E-state index is 0.580. The molecule has 0 saturated carbocycles. The van der Waals surface area contributed by atoms with E-state index in [1.54, 1.807) is 7.11 Å². The van der Waals surface area contributed by atoms with Crippen molar-refractivity contribution in [2.75, 3.05) is 26.6 Å². The van der Waals surface area contributed by atoms with Gasteiger partial charge in [0.2, 0.25) is 0 Å². The third-order valence-corrected chi connectivity index (χ3v) is 2.46. The molecule has 0 aliphatic rings. The normalized spacial score (nSPS) is 11.2. The Balaban J connectivity index is 2.43. The van der Waals surface area contributed by atoms with Crippen LogP contribution >= 0.6 is 11.6 Å². The highest BCUT2D eigenvalue weighted by Crippen LogP contribution is 2.12. The second-order valence-electron chi connectivity index (χ2n) is 3.67. The van der Waals surface area contributed by atoms with Crippen molar-refractivity contribution in [3.63, 3.8) is 0 Å². The van der Waals surface area contributed by atoms with E-state index in [1.165, 1.54) is 5.56 Å². The molecule has 0 spiro atoms. The zero-order valence-electron chi connectivity index (χ0n) is 9.82. The standard InChI is InChI=1S/C13H18ClNO/c1-15(10-4-3-9-14)11-12-5-7-13(16-2)8-6-12/h3-8H,9-11H2,1-2H3. The summed E-state index contributed by atoms with van der Waals surface area (Å²) in [4.78, 5) is 2.23. The molecular formula is C13H18ClNO. The first-order valence-electron chi connectivity index (χ1n) is 5.28. The summed E-state index contributed by atoms with van der Waals surface area (Å²) >= 11 is 5.56. The predicted octanol–water partition coefficient (Wildman–Crippen LogP) is 2.92. The van der Waals surface area contributed by atoms with E-state index < -0.39 is 0 Å². The molecular weight excluding hydrogens is 222 g/mol. The Bertz CT molecular complexity index is 321. The summed E-state index contributed by atoms with van der Waals surface area (Å²) < 4.78 is 5.11. The van der Waals surface area contributed by atoms with Gasteiger partial charge >= 0.3 is 0 Å². The summed E-state index contributed by atoms with van der Waals surface area (Å²) in [6, 6.07) is 8.14. The van der Waals surface area contributed by atoms with Gasteiger partial charge in [0.1, 0.15) is 5.75 Å². The number of alkyl halides is 1. The van der Waals surface area contributed by atoms with Crippen LogP contribution in [0.3, 0.4) is 0 Å². The Morgan fingerprint density at radius 3 is 2.50 bits per heavy atom. The molecule has 0 atom stereocenters. The molecule has 0 aliphatic heterocycles. The highest BCUT2D eigenvalue weighted by atomic mass is 35.5. The molecule has 1 aromatic rings. The minimum atomic E-state index is 0.580. The van der Waals surface area contributed by atoms with Crippen LogP contribution < -0.4 is 4.74 Å². The van der Waals surface area contributed by atoms with Crippen molar-refractivity contribution in [2.45, 2.75) is 6.54 Å². The minimum Gasteiger partial charge on any atom is -0.497 e. The molecule has 0 fully saturated rings. The van der Waals surface area contributed by atoms with Crippen LogP contribution in [0.4, 0.5) is 0 Å². The van der Waals surface area contributed by atoms with Crippen molar-refractivity contribution in [2.24, 2.45) is 0 Å². The van der Waals surface area contributed by atoms with Gasteiger partial charge in [0.15, 0.2) is 0 Å². The van der Waals surface area contributed by atoms with Gasteiger partial charge in [-0.2, -0.15) is 0 Å². The second kappa shape index (κ2) is 7.31. The lowest BCUT2D eigenvalue weighted by atomic mass is 10.2. The lowest BCUT2D eigenvalue weighted by Gasteiger charge is -2.14. The monoisotopic (exact) mass is 239 g/mol. The molecule has 0 aliphatic carbocycles. The van der Waals surface area contributed by atoms with Gasteiger partial charge < -0.3 is 4.74 Å². The maximum Gasteiger partial charge on any atom is 0.118 e. The van der Waals surface area contributed by atoms with Crippen molar-refractivity contribution in [3.8, 4) is 5.75 Å². The van der Waals surface area contributed by atoms with E-state index >= 15 is 0 Å². The smallest absolute Gasteiger partial charge is 0.118 e. The molecule has 0 radical (unpaired) electrons. The summed E-state index contributed by atoms with van der Waals surface area (Å²) in [5, 5.41) is 0. The largest absolute Gasteiger partial charge is 0.497 e. The van der Waals surface area contributed by atoms with Crippen molar-refractivity contribution < 1.29 is 4.74 Å².